The van der Waals surface area contributed by atoms with Crippen LogP contribution in [0.25, 0.3) is 22.4 Å². The van der Waals surface area contributed by atoms with Crippen LogP contribution in [0.1, 0.15) is 0 Å². The monoisotopic (exact) mass is 432 g/mol. The van der Waals surface area contributed by atoms with E-state index in [9.17, 15) is 0 Å². The largest absolute Gasteiger partial charge is 0.279 e. The molecule has 3 aromatic heterocycles. The zero-order valence-electron chi connectivity index (χ0n) is 17.2. The molecule has 2 aromatic carbocycles. The van der Waals surface area contributed by atoms with E-state index in [1.807, 2.05) is 96.2 Å². The molecule has 5 aromatic rings. The van der Waals surface area contributed by atoms with Crippen LogP contribution in [-0.2, 0) is 0 Å². The summed E-state index contributed by atoms with van der Waals surface area (Å²) in [6.45, 7) is 0. The van der Waals surface area contributed by atoms with Crippen molar-refractivity contribution in [2.45, 2.75) is 4.90 Å². The highest BCUT2D eigenvalue weighted by atomic mass is 32.1. The Morgan fingerprint density at radius 1 is 0.656 bits per heavy atom. The van der Waals surface area contributed by atoms with E-state index in [2.05, 4.69) is 40.8 Å². The fraction of sp³-hybridized carbons (Fsp3) is 0. The van der Waals surface area contributed by atoms with Crippen LogP contribution in [-0.4, -0.2) is 15.0 Å². The van der Waals surface area contributed by atoms with Crippen LogP contribution in [0.5, 0.6) is 0 Å². The molecule has 0 fully saturated rings. The molecular formula is C27H20N4S. The number of pyridine rings is 3. The maximum absolute atomic E-state index is 4.98. The van der Waals surface area contributed by atoms with Gasteiger partial charge in [0.1, 0.15) is 11.6 Å². The number of thiol groups is 1. The fourth-order valence-corrected chi connectivity index (χ4v) is 3.89. The molecule has 32 heavy (non-hydrogen) atoms. The molecule has 0 N–H and O–H groups in total. The molecule has 0 bridgehead atoms. The van der Waals surface area contributed by atoms with Crippen molar-refractivity contribution in [3.05, 3.63) is 116 Å². The molecule has 5 rings (SSSR count). The first-order valence-corrected chi connectivity index (χ1v) is 10.7. The number of rotatable bonds is 5. The zero-order chi connectivity index (χ0) is 21.8. The van der Waals surface area contributed by atoms with E-state index >= 15 is 0 Å². The van der Waals surface area contributed by atoms with Gasteiger partial charge in [-0.15, -0.1) is 12.6 Å². The lowest BCUT2D eigenvalue weighted by Crippen LogP contribution is -2.13. The molecule has 0 aliphatic rings. The Morgan fingerprint density at radius 2 is 1.41 bits per heavy atom. The Kier molecular flexibility index (Phi) is 5.64. The highest BCUT2D eigenvalue weighted by Crippen LogP contribution is 2.33. The van der Waals surface area contributed by atoms with Crippen LogP contribution in [0.4, 0.5) is 17.3 Å². The molecule has 0 amide bonds. The van der Waals surface area contributed by atoms with E-state index < -0.39 is 0 Å². The number of hydrogen-bond acceptors (Lipinski definition) is 5. The topological polar surface area (TPSA) is 41.9 Å². The van der Waals surface area contributed by atoms with Crippen LogP contribution < -0.4 is 4.90 Å². The Morgan fingerprint density at radius 3 is 2.22 bits per heavy atom. The predicted octanol–water partition coefficient (Wildman–Crippen LogP) is 6.96. The van der Waals surface area contributed by atoms with Crippen molar-refractivity contribution < 1.29 is 0 Å². The third kappa shape index (κ3) is 4.11. The SMILES string of the molecule is Sc1ccccc1-c1cncc(-c2cccc(N(c3ccccc3)c3ccccn3)n2)c1. The number of anilines is 3. The Balaban J connectivity index is 1.59. The second-order valence-corrected chi connectivity index (χ2v) is 7.70. The van der Waals surface area contributed by atoms with Crippen molar-refractivity contribution in [3.8, 4) is 22.4 Å². The summed E-state index contributed by atoms with van der Waals surface area (Å²) >= 11 is 4.60. The second-order valence-electron chi connectivity index (χ2n) is 7.22. The minimum absolute atomic E-state index is 0.785. The third-order valence-electron chi connectivity index (χ3n) is 5.11. The van der Waals surface area contributed by atoms with E-state index in [4.69, 9.17) is 4.98 Å². The van der Waals surface area contributed by atoms with Crippen molar-refractivity contribution >= 4 is 30.0 Å². The number of para-hydroxylation sites is 1. The normalized spacial score (nSPS) is 10.7. The summed E-state index contributed by atoms with van der Waals surface area (Å²) in [4.78, 5) is 17.0. The number of nitrogens with zero attached hydrogens (tertiary/aromatic N) is 4. The van der Waals surface area contributed by atoms with E-state index in [1.54, 1.807) is 6.20 Å². The lowest BCUT2D eigenvalue weighted by Gasteiger charge is -2.23. The fourth-order valence-electron chi connectivity index (χ4n) is 3.60. The van der Waals surface area contributed by atoms with Gasteiger partial charge in [0.05, 0.1) is 5.69 Å². The molecule has 3 heterocycles. The molecule has 154 valence electrons. The van der Waals surface area contributed by atoms with Gasteiger partial charge in [-0.05, 0) is 54.1 Å². The minimum atomic E-state index is 0.785. The van der Waals surface area contributed by atoms with Gasteiger partial charge in [0, 0.05) is 40.3 Å². The molecule has 0 unspecified atom stereocenters. The number of hydrogen-bond donors (Lipinski definition) is 1. The summed E-state index contributed by atoms with van der Waals surface area (Å²) in [7, 11) is 0. The molecule has 4 nitrogen and oxygen atoms in total. The van der Waals surface area contributed by atoms with Crippen LogP contribution in [0, 0.1) is 0 Å². The molecule has 0 saturated heterocycles. The van der Waals surface area contributed by atoms with Crippen LogP contribution in [0.15, 0.2) is 121 Å². The van der Waals surface area contributed by atoms with Gasteiger partial charge < -0.3 is 0 Å². The first-order chi connectivity index (χ1) is 15.8. The maximum Gasteiger partial charge on any atom is 0.139 e. The average Bonchev–Trinajstić information content (AvgIpc) is 2.86. The van der Waals surface area contributed by atoms with Gasteiger partial charge in [-0.1, -0.05) is 48.5 Å². The van der Waals surface area contributed by atoms with Crippen LogP contribution >= 0.6 is 12.6 Å². The third-order valence-corrected chi connectivity index (χ3v) is 5.50. The Hall–Kier alpha value is -3.96. The highest BCUT2D eigenvalue weighted by molar-refractivity contribution is 7.80. The van der Waals surface area contributed by atoms with Crippen LogP contribution in [0.2, 0.25) is 0 Å². The number of benzene rings is 2. The summed E-state index contributed by atoms with van der Waals surface area (Å²) in [6, 6.07) is 32.1. The van der Waals surface area contributed by atoms with Gasteiger partial charge in [0.15, 0.2) is 0 Å². The summed E-state index contributed by atoms with van der Waals surface area (Å²) in [5.41, 5.74) is 4.82. The molecule has 0 radical (unpaired) electrons. The number of aromatic nitrogens is 3. The van der Waals surface area contributed by atoms with Gasteiger partial charge in [-0.3, -0.25) is 9.88 Å². The van der Waals surface area contributed by atoms with Gasteiger partial charge in [-0.2, -0.15) is 0 Å². The standard InChI is InChI=1S/C27H20N4S/c32-25-13-5-4-11-23(25)20-17-21(19-28-18-20)24-12-8-15-27(30-24)31(22-9-2-1-3-10-22)26-14-6-7-16-29-26/h1-19,32H. The van der Waals surface area contributed by atoms with E-state index in [-0.39, 0.29) is 0 Å². The summed E-state index contributed by atoms with van der Waals surface area (Å²) in [5, 5.41) is 0. The quantitative estimate of drug-likeness (QED) is 0.305. The van der Waals surface area contributed by atoms with Crippen molar-refractivity contribution in [1.82, 2.24) is 15.0 Å². The van der Waals surface area contributed by atoms with E-state index in [0.29, 0.717) is 0 Å². The van der Waals surface area contributed by atoms with Gasteiger partial charge in [0.25, 0.3) is 0 Å². The minimum Gasteiger partial charge on any atom is -0.279 e. The van der Waals surface area contributed by atoms with Gasteiger partial charge >= 0.3 is 0 Å². The summed E-state index contributed by atoms with van der Waals surface area (Å²) in [6.07, 6.45) is 5.48. The van der Waals surface area contributed by atoms with Crippen molar-refractivity contribution in [2.24, 2.45) is 0 Å². The first kappa shape index (κ1) is 20.0. The molecule has 0 atom stereocenters. The Labute approximate surface area is 192 Å². The van der Waals surface area contributed by atoms with Crippen molar-refractivity contribution in [3.63, 3.8) is 0 Å². The summed E-state index contributed by atoms with van der Waals surface area (Å²) in [5.74, 6) is 1.59. The lowest BCUT2D eigenvalue weighted by atomic mass is 10.0. The zero-order valence-corrected chi connectivity index (χ0v) is 18.1. The van der Waals surface area contributed by atoms with E-state index in [0.717, 1.165) is 44.6 Å². The lowest BCUT2D eigenvalue weighted by molar-refractivity contribution is 1.13. The molecule has 0 aliphatic heterocycles. The molecule has 0 spiro atoms. The highest BCUT2D eigenvalue weighted by Gasteiger charge is 2.15. The first-order valence-electron chi connectivity index (χ1n) is 10.3. The molecule has 0 aliphatic carbocycles. The molecular weight excluding hydrogens is 412 g/mol. The maximum atomic E-state index is 4.98. The molecule has 0 saturated carbocycles. The van der Waals surface area contributed by atoms with Gasteiger partial charge in [0.2, 0.25) is 0 Å². The van der Waals surface area contributed by atoms with Crippen molar-refractivity contribution in [2.75, 3.05) is 4.90 Å². The molecule has 5 heteroatoms. The van der Waals surface area contributed by atoms with E-state index in [1.165, 1.54) is 0 Å². The average molecular weight is 433 g/mol. The van der Waals surface area contributed by atoms with Crippen LogP contribution in [0.3, 0.4) is 0 Å². The Bertz CT molecular complexity index is 1300. The van der Waals surface area contributed by atoms with Crippen molar-refractivity contribution in [1.29, 1.82) is 0 Å². The summed E-state index contributed by atoms with van der Waals surface area (Å²) < 4.78 is 0. The predicted molar refractivity (Wildman–Crippen MR) is 133 cm³/mol. The second kappa shape index (κ2) is 9.04. The van der Waals surface area contributed by atoms with Gasteiger partial charge in [-0.25, -0.2) is 9.97 Å². The smallest absolute Gasteiger partial charge is 0.139 e.